The van der Waals surface area contributed by atoms with E-state index in [1.54, 1.807) is 97.1 Å². The summed E-state index contributed by atoms with van der Waals surface area (Å²) in [5.74, 6) is 0.142. The van der Waals surface area contributed by atoms with E-state index in [1.165, 1.54) is 44.5 Å². The van der Waals surface area contributed by atoms with Crippen LogP contribution in [0.5, 0.6) is 23.0 Å². The Labute approximate surface area is 818 Å². The fraction of sp³-hybridized carbons (Fsp3) is 0.464. The Morgan fingerprint density at radius 3 is 0.713 bits per heavy atom. The molecule has 20 rings (SSSR count). The predicted octanol–water partition coefficient (Wildman–Crippen LogP) is 21.9. The van der Waals surface area contributed by atoms with Gasteiger partial charge < -0.3 is 79.4 Å². The quantitative estimate of drug-likeness (QED) is 0.0329. The number of carbonyl (C=O) groups is 4. The van der Waals surface area contributed by atoms with Gasteiger partial charge in [0.1, 0.15) is 23.0 Å². The van der Waals surface area contributed by atoms with Gasteiger partial charge in [-0.05, 0) is 318 Å². The van der Waals surface area contributed by atoms with Crippen LogP contribution in [-0.2, 0) is 47.3 Å². The summed E-state index contributed by atoms with van der Waals surface area (Å²) in [5, 5.41) is 84.2. The summed E-state index contributed by atoms with van der Waals surface area (Å²) < 4.78 is 25.7. The molecular weight excluding hydrogens is 1800 g/mol. The smallest absolute Gasteiger partial charge is 0.335 e. The molecule has 24 heteroatoms. The number of benzene rings is 8. The number of rotatable bonds is 20. The van der Waals surface area contributed by atoms with E-state index >= 15 is 0 Å². The van der Waals surface area contributed by atoms with Gasteiger partial charge in [0.05, 0.1) is 95.8 Å². The molecule has 720 valence electrons. The van der Waals surface area contributed by atoms with Gasteiger partial charge in [-0.3, -0.25) is 0 Å². The average Bonchev–Trinajstić information content (AvgIpc) is 1.72. The van der Waals surface area contributed by atoms with Crippen LogP contribution in [0.2, 0.25) is 20.1 Å². The van der Waals surface area contributed by atoms with E-state index in [0.29, 0.717) is 49.4 Å². The van der Waals surface area contributed by atoms with Crippen molar-refractivity contribution >= 4 is 93.0 Å². The number of aliphatic hydroxyl groups is 4. The highest BCUT2D eigenvalue weighted by atomic mass is 35.5. The first-order valence-corrected chi connectivity index (χ1v) is 49.9. The molecule has 4 heterocycles. The number of carboxylic acid groups (broad SMARTS) is 4. The Balaban J connectivity index is 0.000000126. The van der Waals surface area contributed by atoms with Crippen LogP contribution in [-0.4, -0.2) is 168 Å². The van der Waals surface area contributed by atoms with Crippen molar-refractivity contribution in [3.8, 4) is 23.0 Å². The highest BCUT2D eigenvalue weighted by Gasteiger charge is 2.55. The van der Waals surface area contributed by atoms with E-state index in [4.69, 9.17) is 65.4 Å². The van der Waals surface area contributed by atoms with Gasteiger partial charge in [-0.1, -0.05) is 123 Å². The second kappa shape index (κ2) is 39.0. The van der Waals surface area contributed by atoms with E-state index in [2.05, 4.69) is 122 Å². The van der Waals surface area contributed by atoms with Gasteiger partial charge in [0, 0.05) is 116 Å². The number of anilines is 4. The minimum absolute atomic E-state index is 0.211. The highest BCUT2D eigenvalue weighted by molar-refractivity contribution is 6.31. The van der Waals surface area contributed by atoms with Gasteiger partial charge >= 0.3 is 23.9 Å². The molecule has 8 aromatic rings. The Morgan fingerprint density at radius 2 is 0.537 bits per heavy atom. The number of aliphatic hydroxyl groups excluding tert-OH is 4. The van der Waals surface area contributed by atoms with Crippen molar-refractivity contribution in [2.45, 2.75) is 202 Å². The van der Waals surface area contributed by atoms with Crippen LogP contribution < -0.4 is 38.5 Å². The minimum Gasteiger partial charge on any atom is -0.490 e. The maximum absolute atomic E-state index is 11.8. The lowest BCUT2D eigenvalue weighted by Crippen LogP contribution is -2.53. The first kappa shape index (κ1) is 97.6. The summed E-state index contributed by atoms with van der Waals surface area (Å²) in [7, 11) is 0. The van der Waals surface area contributed by atoms with Gasteiger partial charge in [-0.2, -0.15) is 0 Å². The van der Waals surface area contributed by atoms with Crippen molar-refractivity contribution in [2.75, 3.05) is 98.4 Å². The third-order valence-electron chi connectivity index (χ3n) is 34.4. The van der Waals surface area contributed by atoms with Gasteiger partial charge in [-0.15, -0.1) is 26.3 Å². The molecule has 4 saturated carbocycles. The molecule has 8 aliphatic carbocycles. The van der Waals surface area contributed by atoms with E-state index in [-0.39, 0.29) is 89.2 Å². The molecule has 16 atom stereocenters. The van der Waals surface area contributed by atoms with Crippen molar-refractivity contribution in [2.24, 2.45) is 45.3 Å². The molecule has 8 N–H and O–H groups in total. The van der Waals surface area contributed by atoms with Gasteiger partial charge in [-0.25, -0.2) is 19.2 Å². The van der Waals surface area contributed by atoms with Crippen LogP contribution in [0.4, 0.5) is 22.7 Å². The molecule has 0 saturated heterocycles. The highest BCUT2D eigenvalue weighted by Crippen LogP contribution is 2.58. The first-order valence-electron chi connectivity index (χ1n) is 48.4. The Hall–Kier alpha value is -10.0. The summed E-state index contributed by atoms with van der Waals surface area (Å²) in [5.41, 5.74) is 12.7. The number of aryl methyl sites for hydroxylation is 4. The lowest BCUT2D eigenvalue weighted by molar-refractivity contribution is -0.0466. The monoisotopic (exact) mass is 1920 g/mol. The molecule has 0 amide bonds. The van der Waals surface area contributed by atoms with E-state index < -0.39 is 48.3 Å². The Morgan fingerprint density at radius 1 is 0.331 bits per heavy atom. The SMILES string of the molecule is C=C[C@@H](O)[C@@]1(C)CC[C@@H]1CN1C[C@@]2(CCCc3cc(Cl)ccc32)COc2ccc(C(=O)O)cc21.C=C[C@@H](O)[C@]1(C)CC[C@H]1CN1C[C@@]2(CCCc3cc(Cl)ccc32)COc2ccc(C(=O)O)cc21.C=C[C@H](O)[C@@]1(C)CC[C@@H]1CN1C[C@@]2(CCCc3cc(Cl)ccc32)COc2ccc(C(=O)O)cc21.C=C[C@H](O)[C@]1(C)CC[C@H]1CN1C[C@@]2(CCCc3cc(Cl)ccc32)COc2ccc(C(=O)O)cc21. The van der Waals surface area contributed by atoms with Crippen molar-refractivity contribution < 1.29 is 79.0 Å². The zero-order valence-electron chi connectivity index (χ0n) is 78.4. The normalized spacial score (nSPS) is 28.7. The largest absolute Gasteiger partial charge is 0.490 e. The Bertz CT molecular complexity index is 5240. The average molecular weight is 1930 g/mol. The molecule has 0 aromatic heterocycles. The zero-order valence-corrected chi connectivity index (χ0v) is 81.4. The number of aromatic carboxylic acids is 4. The van der Waals surface area contributed by atoms with E-state index in [0.717, 1.165) is 224 Å². The predicted molar refractivity (Wildman–Crippen MR) is 537 cm³/mol. The maximum Gasteiger partial charge on any atom is 0.335 e. The fourth-order valence-electron chi connectivity index (χ4n) is 25.1. The number of halogens is 4. The second-order valence-electron chi connectivity index (χ2n) is 42.1. The first-order chi connectivity index (χ1) is 65.0. The van der Waals surface area contributed by atoms with Crippen LogP contribution in [0.3, 0.4) is 0 Å². The van der Waals surface area contributed by atoms with Gasteiger partial charge in [0.15, 0.2) is 0 Å². The summed E-state index contributed by atoms with van der Waals surface area (Å²) in [6.45, 7) is 31.7. The van der Waals surface area contributed by atoms with Crippen molar-refractivity contribution in [1.82, 2.24) is 0 Å². The third-order valence-corrected chi connectivity index (χ3v) is 35.3. The van der Waals surface area contributed by atoms with Crippen molar-refractivity contribution in [3.63, 3.8) is 0 Å². The molecule has 12 aliphatic rings. The summed E-state index contributed by atoms with van der Waals surface area (Å²) in [6.07, 6.45) is 24.4. The third kappa shape index (κ3) is 18.6. The minimum atomic E-state index is -0.949. The standard InChI is InChI=1S/4C28H32ClNO4/c4*1-3-25(31)27(2)12-10-20(27)15-30-16-28(11-4-5-18-13-21(29)7-8-22(18)28)17-34-24-9-6-19(26(32)33)14-23(24)30/h4*3,6-9,13-14,20,25,31H,1,4-5,10-12,15-17H2,2H3,(H,32,33)/t20-,25+,27+,28+;20-,25+,27+,28-;20-,25-,27+,28+;20-,25-,27+,28-/m1010/s1. The molecule has 0 unspecified atom stereocenters. The van der Waals surface area contributed by atoms with Crippen molar-refractivity contribution in [3.05, 3.63) is 283 Å². The zero-order chi connectivity index (χ0) is 96.3. The molecule has 4 aliphatic heterocycles. The summed E-state index contributed by atoms with van der Waals surface area (Å²) in [6, 6.07) is 45.3. The van der Waals surface area contributed by atoms with Crippen LogP contribution in [0.15, 0.2) is 196 Å². The van der Waals surface area contributed by atoms with E-state index in [1.807, 2.05) is 24.3 Å². The molecule has 8 aromatic carbocycles. The molecule has 0 bridgehead atoms. The molecule has 0 radical (unpaired) electrons. The summed E-state index contributed by atoms with van der Waals surface area (Å²) >= 11 is 25.3. The maximum atomic E-state index is 11.8. The Kier molecular flexibility index (Phi) is 28.0. The van der Waals surface area contributed by atoms with Gasteiger partial charge in [0.2, 0.25) is 0 Å². The van der Waals surface area contributed by atoms with Crippen LogP contribution in [0.25, 0.3) is 0 Å². The van der Waals surface area contributed by atoms with Crippen LogP contribution in [0, 0.1) is 45.3 Å². The molecule has 20 nitrogen and oxygen atoms in total. The van der Waals surface area contributed by atoms with E-state index in [9.17, 15) is 60.0 Å². The second-order valence-corrected chi connectivity index (χ2v) is 43.8. The molecule has 4 spiro atoms. The van der Waals surface area contributed by atoms with Crippen LogP contribution in [0.1, 0.15) is 216 Å². The molecular formula is C112H128Cl4N4O16. The van der Waals surface area contributed by atoms with Crippen molar-refractivity contribution in [1.29, 1.82) is 0 Å². The lowest BCUT2D eigenvalue weighted by atomic mass is 9.58. The number of nitrogens with zero attached hydrogens (tertiary/aromatic N) is 4. The van der Waals surface area contributed by atoms with Gasteiger partial charge in [0.25, 0.3) is 0 Å². The molecule has 4 fully saturated rings. The topological polar surface area (TPSA) is 280 Å². The number of ether oxygens (including phenoxy) is 4. The summed E-state index contributed by atoms with van der Waals surface area (Å²) in [4.78, 5) is 56.4. The lowest BCUT2D eigenvalue weighted by Gasteiger charge is -2.52. The number of fused-ring (bicyclic) bond motifs is 12. The molecule has 136 heavy (non-hydrogen) atoms. The fourth-order valence-corrected chi connectivity index (χ4v) is 25.9. The number of hydrogen-bond acceptors (Lipinski definition) is 16. The number of carboxylic acids is 4. The van der Waals surface area contributed by atoms with Crippen LogP contribution >= 0.6 is 46.4 Å². The number of hydrogen-bond donors (Lipinski definition) is 8.